The summed E-state index contributed by atoms with van der Waals surface area (Å²) < 4.78 is 5.21. The molecule has 2 aromatic carbocycles. The van der Waals surface area contributed by atoms with E-state index in [-0.39, 0.29) is 11.8 Å². The van der Waals surface area contributed by atoms with Crippen LogP contribution < -0.4 is 4.74 Å². The van der Waals surface area contributed by atoms with Crippen molar-refractivity contribution in [2.75, 3.05) is 12.9 Å². The highest BCUT2D eigenvalue weighted by Crippen LogP contribution is 2.42. The number of hydrogen-bond donors (Lipinski definition) is 0. The van der Waals surface area contributed by atoms with Crippen LogP contribution in [-0.2, 0) is 0 Å². The summed E-state index contributed by atoms with van der Waals surface area (Å²) in [6, 6.07) is 20.8. The number of methoxy groups -OCH3 is 1. The number of hydrogen-bond acceptors (Lipinski definition) is 3. The van der Waals surface area contributed by atoms with Gasteiger partial charge in [0.1, 0.15) is 5.75 Å². The number of nitriles is 1. The number of thioether (sulfide) groups is 1. The molecule has 0 radical (unpaired) electrons. The first-order chi connectivity index (χ1) is 10.8. The van der Waals surface area contributed by atoms with Gasteiger partial charge < -0.3 is 4.74 Å². The third kappa shape index (κ3) is 3.03. The average Bonchev–Trinajstić information content (AvgIpc) is 2.62. The van der Waals surface area contributed by atoms with Crippen molar-refractivity contribution < 1.29 is 4.74 Å². The highest BCUT2D eigenvalue weighted by atomic mass is 32.2. The topological polar surface area (TPSA) is 33.0 Å². The largest absolute Gasteiger partial charge is 0.497 e. The second kappa shape index (κ2) is 6.72. The Hall–Kier alpha value is -2.18. The Kier molecular flexibility index (Phi) is 4.50. The predicted octanol–water partition coefficient (Wildman–Crippen LogP) is 4.71. The molecule has 1 aliphatic heterocycles. The maximum Gasteiger partial charge on any atom is 0.118 e. The van der Waals surface area contributed by atoms with Crippen molar-refractivity contribution in [3.63, 3.8) is 0 Å². The normalized spacial score (nSPS) is 20.8. The van der Waals surface area contributed by atoms with Crippen LogP contribution >= 0.6 is 11.8 Å². The molecule has 0 saturated carbocycles. The van der Waals surface area contributed by atoms with E-state index in [4.69, 9.17) is 4.74 Å². The summed E-state index contributed by atoms with van der Waals surface area (Å²) in [6.45, 7) is 0. The molecule has 0 fully saturated rings. The molecule has 0 amide bonds. The summed E-state index contributed by atoms with van der Waals surface area (Å²) in [5.41, 5.74) is 2.39. The third-order valence-corrected chi connectivity index (χ3v) is 5.12. The fraction of sp³-hybridized carbons (Fsp3) is 0.211. The van der Waals surface area contributed by atoms with Crippen LogP contribution in [0.15, 0.2) is 60.7 Å². The SMILES string of the molecule is COc1ccc(C2=CC(c3ccccc3)C(C#N)CS2)cc1. The van der Waals surface area contributed by atoms with E-state index in [0.29, 0.717) is 0 Å². The van der Waals surface area contributed by atoms with Crippen LogP contribution in [-0.4, -0.2) is 12.9 Å². The highest BCUT2D eigenvalue weighted by molar-refractivity contribution is 8.08. The molecule has 1 heterocycles. The number of benzene rings is 2. The highest BCUT2D eigenvalue weighted by Gasteiger charge is 2.26. The summed E-state index contributed by atoms with van der Waals surface area (Å²) >= 11 is 1.76. The van der Waals surface area contributed by atoms with E-state index < -0.39 is 0 Å². The molecular weight excluding hydrogens is 290 g/mol. The van der Waals surface area contributed by atoms with E-state index in [2.05, 4.69) is 36.4 Å². The lowest BCUT2D eigenvalue weighted by Gasteiger charge is -2.26. The van der Waals surface area contributed by atoms with Gasteiger partial charge in [0, 0.05) is 16.6 Å². The van der Waals surface area contributed by atoms with Crippen LogP contribution in [0, 0.1) is 17.2 Å². The monoisotopic (exact) mass is 307 g/mol. The number of allylic oxidation sites excluding steroid dienone is 1. The van der Waals surface area contributed by atoms with Crippen molar-refractivity contribution in [3.8, 4) is 11.8 Å². The first-order valence-corrected chi connectivity index (χ1v) is 8.24. The lowest BCUT2D eigenvalue weighted by atomic mass is 9.87. The lowest BCUT2D eigenvalue weighted by Crippen LogP contribution is -2.16. The second-order valence-corrected chi connectivity index (χ2v) is 6.30. The fourth-order valence-corrected chi connectivity index (χ4v) is 3.85. The maximum absolute atomic E-state index is 9.44. The zero-order chi connectivity index (χ0) is 15.4. The molecule has 22 heavy (non-hydrogen) atoms. The van der Waals surface area contributed by atoms with Crippen molar-refractivity contribution in [1.82, 2.24) is 0 Å². The quantitative estimate of drug-likeness (QED) is 0.823. The van der Waals surface area contributed by atoms with Crippen molar-refractivity contribution in [2.45, 2.75) is 5.92 Å². The van der Waals surface area contributed by atoms with Crippen LogP contribution in [0.25, 0.3) is 4.91 Å². The summed E-state index contributed by atoms with van der Waals surface area (Å²) in [6.07, 6.45) is 2.24. The van der Waals surface area contributed by atoms with E-state index in [0.717, 1.165) is 11.5 Å². The molecule has 2 atom stereocenters. The Morgan fingerprint density at radius 1 is 1.09 bits per heavy atom. The minimum absolute atomic E-state index is 0.0226. The number of nitrogens with zero attached hydrogens (tertiary/aromatic N) is 1. The molecule has 0 spiro atoms. The van der Waals surface area contributed by atoms with Crippen LogP contribution in [0.3, 0.4) is 0 Å². The molecule has 2 unspecified atom stereocenters. The summed E-state index contributed by atoms with van der Waals surface area (Å²) in [7, 11) is 1.67. The van der Waals surface area contributed by atoms with Crippen molar-refractivity contribution in [3.05, 3.63) is 71.8 Å². The van der Waals surface area contributed by atoms with Gasteiger partial charge in [-0.2, -0.15) is 5.26 Å². The molecule has 0 aromatic heterocycles. The molecule has 0 saturated heterocycles. The number of rotatable bonds is 3. The maximum atomic E-state index is 9.44. The van der Waals surface area contributed by atoms with E-state index in [1.54, 1.807) is 18.9 Å². The van der Waals surface area contributed by atoms with Gasteiger partial charge in [-0.25, -0.2) is 0 Å². The molecule has 2 aromatic rings. The van der Waals surface area contributed by atoms with Gasteiger partial charge in [0.15, 0.2) is 0 Å². The van der Waals surface area contributed by atoms with Gasteiger partial charge in [-0.3, -0.25) is 0 Å². The van der Waals surface area contributed by atoms with Gasteiger partial charge in [-0.1, -0.05) is 48.5 Å². The average molecular weight is 307 g/mol. The molecule has 0 N–H and O–H groups in total. The molecule has 2 nitrogen and oxygen atoms in total. The first-order valence-electron chi connectivity index (χ1n) is 7.25. The molecule has 3 heteroatoms. The molecule has 1 aliphatic rings. The van der Waals surface area contributed by atoms with Crippen LogP contribution in [0.4, 0.5) is 0 Å². The van der Waals surface area contributed by atoms with Crippen LogP contribution in [0.5, 0.6) is 5.75 Å². The van der Waals surface area contributed by atoms with E-state index in [9.17, 15) is 5.26 Å². The zero-order valence-electron chi connectivity index (χ0n) is 12.4. The van der Waals surface area contributed by atoms with Gasteiger partial charge in [0.25, 0.3) is 0 Å². The standard InChI is InChI=1S/C19H17NOS/c1-21-17-9-7-15(8-10-17)19-11-18(16(12-20)13-22-19)14-5-3-2-4-6-14/h2-11,16,18H,13H2,1H3. The summed E-state index contributed by atoms with van der Waals surface area (Å²) in [5.74, 6) is 1.87. The molecule has 110 valence electrons. The van der Waals surface area contributed by atoms with Gasteiger partial charge >= 0.3 is 0 Å². The summed E-state index contributed by atoms with van der Waals surface area (Å²) in [4.78, 5) is 1.24. The second-order valence-electron chi connectivity index (χ2n) is 5.24. The van der Waals surface area contributed by atoms with Gasteiger partial charge in [-0.05, 0) is 23.3 Å². The molecule has 3 rings (SSSR count). The van der Waals surface area contributed by atoms with Gasteiger partial charge in [0.05, 0.1) is 19.1 Å². The minimum Gasteiger partial charge on any atom is -0.497 e. The van der Waals surface area contributed by atoms with E-state index in [1.165, 1.54) is 16.0 Å². The van der Waals surface area contributed by atoms with Crippen molar-refractivity contribution >= 4 is 16.7 Å². The Bertz CT molecular complexity index is 700. The minimum atomic E-state index is 0.0226. The molecular formula is C19H17NOS. The predicted molar refractivity (Wildman–Crippen MR) is 91.7 cm³/mol. The summed E-state index contributed by atoms with van der Waals surface area (Å²) in [5, 5.41) is 9.44. The van der Waals surface area contributed by atoms with E-state index >= 15 is 0 Å². The van der Waals surface area contributed by atoms with Gasteiger partial charge in [0.2, 0.25) is 0 Å². The van der Waals surface area contributed by atoms with Crippen molar-refractivity contribution in [2.24, 2.45) is 5.92 Å². The van der Waals surface area contributed by atoms with Gasteiger partial charge in [-0.15, -0.1) is 11.8 Å². The Labute approximate surface area is 135 Å². The fourth-order valence-electron chi connectivity index (χ4n) is 2.67. The van der Waals surface area contributed by atoms with Crippen LogP contribution in [0.2, 0.25) is 0 Å². The van der Waals surface area contributed by atoms with Crippen molar-refractivity contribution in [1.29, 1.82) is 5.26 Å². The van der Waals surface area contributed by atoms with E-state index in [1.807, 2.05) is 30.3 Å². The first kappa shape index (κ1) is 14.7. The Morgan fingerprint density at radius 2 is 1.82 bits per heavy atom. The smallest absolute Gasteiger partial charge is 0.118 e. The Balaban J connectivity index is 1.95. The Morgan fingerprint density at radius 3 is 2.45 bits per heavy atom. The third-order valence-electron chi connectivity index (χ3n) is 3.91. The molecule has 0 bridgehead atoms. The number of ether oxygens (including phenoxy) is 1. The molecule has 0 aliphatic carbocycles. The van der Waals surface area contributed by atoms with Crippen LogP contribution in [0.1, 0.15) is 17.0 Å². The lowest BCUT2D eigenvalue weighted by molar-refractivity contribution is 0.415. The zero-order valence-corrected chi connectivity index (χ0v) is 13.2.